The second kappa shape index (κ2) is 4.58. The molecule has 0 spiro atoms. The third-order valence-electron chi connectivity index (χ3n) is 2.21. The first-order valence-electron chi connectivity index (χ1n) is 4.76. The Bertz CT molecular complexity index is 587. The van der Waals surface area contributed by atoms with Crippen LogP contribution in [0.15, 0.2) is 29.1 Å². The number of pyridine rings is 1. The van der Waals surface area contributed by atoms with Crippen LogP contribution < -0.4 is 0 Å². The summed E-state index contributed by atoms with van der Waals surface area (Å²) in [6.07, 6.45) is 4.74. The first-order valence-corrected chi connectivity index (χ1v) is 5.55. The maximum Gasteiger partial charge on any atom is 0.355 e. The number of carboxylic acid groups (broad SMARTS) is 1. The van der Waals surface area contributed by atoms with E-state index in [9.17, 15) is 4.79 Å². The number of hydrogen-bond donors (Lipinski definition) is 1. The highest BCUT2D eigenvalue weighted by atomic mass is 79.9. The average molecular weight is 294 g/mol. The molecule has 0 saturated heterocycles. The Morgan fingerprint density at radius 2 is 2.18 bits per heavy atom. The van der Waals surface area contributed by atoms with Gasteiger partial charge in [-0.05, 0) is 34.5 Å². The molecule has 0 radical (unpaired) electrons. The largest absolute Gasteiger partial charge is 0.476 e. The Labute approximate surface area is 106 Å². The van der Waals surface area contributed by atoms with Crippen molar-refractivity contribution < 1.29 is 9.90 Å². The highest BCUT2D eigenvalue weighted by Crippen LogP contribution is 2.21. The second-order valence-electron chi connectivity index (χ2n) is 3.39. The maximum atomic E-state index is 11.0. The van der Waals surface area contributed by atoms with E-state index in [1.54, 1.807) is 18.5 Å². The number of rotatable bonds is 2. The van der Waals surface area contributed by atoms with E-state index in [1.807, 2.05) is 6.92 Å². The summed E-state index contributed by atoms with van der Waals surface area (Å²) in [5, 5.41) is 8.97. The summed E-state index contributed by atoms with van der Waals surface area (Å²) in [7, 11) is 0. The van der Waals surface area contributed by atoms with Gasteiger partial charge in [0.1, 0.15) is 0 Å². The fourth-order valence-corrected chi connectivity index (χ4v) is 1.73. The molecule has 2 aromatic heterocycles. The van der Waals surface area contributed by atoms with Gasteiger partial charge < -0.3 is 5.11 Å². The molecule has 2 heterocycles. The minimum atomic E-state index is -1.09. The quantitative estimate of drug-likeness (QED) is 0.919. The molecule has 0 amide bonds. The van der Waals surface area contributed by atoms with Crippen LogP contribution in [0.25, 0.3) is 11.4 Å². The van der Waals surface area contributed by atoms with E-state index in [0.29, 0.717) is 10.3 Å². The first-order chi connectivity index (χ1) is 8.09. The van der Waals surface area contributed by atoms with E-state index in [0.717, 1.165) is 11.1 Å². The average Bonchev–Trinajstić information content (AvgIpc) is 2.30. The molecule has 1 N–H and O–H groups in total. The van der Waals surface area contributed by atoms with Crippen molar-refractivity contribution in [2.45, 2.75) is 6.92 Å². The minimum absolute atomic E-state index is 0.0498. The molecule has 0 aliphatic heterocycles. The summed E-state index contributed by atoms with van der Waals surface area (Å²) in [5.74, 6) is -0.710. The molecule has 17 heavy (non-hydrogen) atoms. The number of carboxylic acids is 1. The van der Waals surface area contributed by atoms with Gasteiger partial charge in [-0.2, -0.15) is 0 Å². The summed E-state index contributed by atoms with van der Waals surface area (Å²) < 4.78 is 0.362. The van der Waals surface area contributed by atoms with Crippen LogP contribution in [0.4, 0.5) is 0 Å². The van der Waals surface area contributed by atoms with Gasteiger partial charge >= 0.3 is 5.97 Å². The lowest BCUT2D eigenvalue weighted by Crippen LogP contribution is -2.04. The molecule has 6 heteroatoms. The van der Waals surface area contributed by atoms with Crippen LogP contribution >= 0.6 is 15.9 Å². The Morgan fingerprint density at radius 1 is 1.41 bits per heavy atom. The molecule has 0 bridgehead atoms. The summed E-state index contributed by atoms with van der Waals surface area (Å²) in [6, 6.07) is 1.75. The molecule has 0 aliphatic rings. The van der Waals surface area contributed by atoms with Crippen LogP contribution in [0.1, 0.15) is 16.1 Å². The predicted molar refractivity (Wildman–Crippen MR) is 64.7 cm³/mol. The summed E-state index contributed by atoms with van der Waals surface area (Å²) in [5.41, 5.74) is 1.62. The van der Waals surface area contributed by atoms with E-state index in [1.165, 1.54) is 6.20 Å². The lowest BCUT2D eigenvalue weighted by molar-refractivity contribution is 0.0689. The van der Waals surface area contributed by atoms with Crippen molar-refractivity contribution in [2.75, 3.05) is 0 Å². The second-order valence-corrected chi connectivity index (χ2v) is 4.24. The topological polar surface area (TPSA) is 76.0 Å². The van der Waals surface area contributed by atoms with Crippen LogP contribution in [0.2, 0.25) is 0 Å². The Balaban J connectivity index is 2.58. The molecule has 2 aromatic rings. The van der Waals surface area contributed by atoms with Crippen molar-refractivity contribution in [2.24, 2.45) is 0 Å². The SMILES string of the molecule is Cc1cnccc1-c1ncc(Br)c(C(=O)O)n1. The maximum absolute atomic E-state index is 11.0. The molecule has 2 rings (SSSR count). The van der Waals surface area contributed by atoms with Crippen LogP contribution in [0, 0.1) is 6.92 Å². The van der Waals surface area contributed by atoms with Crippen molar-refractivity contribution >= 4 is 21.9 Å². The zero-order chi connectivity index (χ0) is 12.4. The van der Waals surface area contributed by atoms with Crippen molar-refractivity contribution in [3.05, 3.63) is 40.4 Å². The number of aromatic nitrogens is 3. The Hall–Kier alpha value is -1.82. The van der Waals surface area contributed by atoms with Gasteiger partial charge in [-0.25, -0.2) is 14.8 Å². The number of nitrogens with zero attached hydrogens (tertiary/aromatic N) is 3. The summed E-state index contributed by atoms with van der Waals surface area (Å²) in [4.78, 5) is 23.0. The van der Waals surface area contributed by atoms with E-state index in [-0.39, 0.29) is 5.69 Å². The molecule has 0 aromatic carbocycles. The van der Waals surface area contributed by atoms with E-state index >= 15 is 0 Å². The van der Waals surface area contributed by atoms with Gasteiger partial charge in [0.2, 0.25) is 0 Å². The molecule has 0 atom stereocenters. The lowest BCUT2D eigenvalue weighted by Gasteiger charge is -2.05. The smallest absolute Gasteiger partial charge is 0.355 e. The third-order valence-corrected chi connectivity index (χ3v) is 2.79. The molecule has 0 aliphatic carbocycles. The van der Waals surface area contributed by atoms with Crippen LogP contribution in [0.5, 0.6) is 0 Å². The van der Waals surface area contributed by atoms with E-state index in [4.69, 9.17) is 5.11 Å². The Kier molecular flexibility index (Phi) is 3.14. The fourth-order valence-electron chi connectivity index (χ4n) is 1.37. The van der Waals surface area contributed by atoms with Crippen LogP contribution in [-0.2, 0) is 0 Å². The zero-order valence-electron chi connectivity index (χ0n) is 8.88. The normalized spacial score (nSPS) is 10.2. The van der Waals surface area contributed by atoms with Crippen LogP contribution in [0.3, 0.4) is 0 Å². The van der Waals surface area contributed by atoms with E-state index < -0.39 is 5.97 Å². The molecule has 5 nitrogen and oxygen atoms in total. The lowest BCUT2D eigenvalue weighted by atomic mass is 10.1. The van der Waals surface area contributed by atoms with Crippen molar-refractivity contribution in [1.29, 1.82) is 0 Å². The van der Waals surface area contributed by atoms with Gasteiger partial charge in [0, 0.05) is 24.2 Å². The van der Waals surface area contributed by atoms with Gasteiger partial charge in [0.15, 0.2) is 11.5 Å². The summed E-state index contributed by atoms with van der Waals surface area (Å²) >= 11 is 3.10. The molecule has 0 saturated carbocycles. The number of aromatic carboxylic acids is 1. The van der Waals surface area contributed by atoms with Gasteiger partial charge in [-0.15, -0.1) is 0 Å². The number of carbonyl (C=O) groups is 1. The Morgan fingerprint density at radius 3 is 2.82 bits per heavy atom. The molecular weight excluding hydrogens is 286 g/mol. The van der Waals surface area contributed by atoms with Crippen molar-refractivity contribution in [3.8, 4) is 11.4 Å². The van der Waals surface area contributed by atoms with Crippen molar-refractivity contribution in [3.63, 3.8) is 0 Å². The highest BCUT2D eigenvalue weighted by molar-refractivity contribution is 9.10. The number of halogens is 1. The minimum Gasteiger partial charge on any atom is -0.476 e. The monoisotopic (exact) mass is 293 g/mol. The van der Waals surface area contributed by atoms with Gasteiger partial charge in [0.25, 0.3) is 0 Å². The van der Waals surface area contributed by atoms with Gasteiger partial charge in [-0.3, -0.25) is 4.98 Å². The molecule has 0 unspecified atom stereocenters. The van der Waals surface area contributed by atoms with Crippen LogP contribution in [-0.4, -0.2) is 26.0 Å². The predicted octanol–water partition coefficient (Wildman–Crippen LogP) is 2.31. The van der Waals surface area contributed by atoms with E-state index in [2.05, 4.69) is 30.9 Å². The fraction of sp³-hybridized carbons (Fsp3) is 0.0909. The first kappa shape index (κ1) is 11.7. The number of aryl methyl sites for hydroxylation is 1. The molecular formula is C11H8BrN3O2. The molecule has 0 fully saturated rings. The standard InChI is InChI=1S/C11H8BrN3O2/c1-6-4-13-3-2-7(6)10-14-5-8(12)9(15-10)11(16)17/h2-5H,1H3,(H,16,17). The van der Waals surface area contributed by atoms with Gasteiger partial charge in [0.05, 0.1) is 4.47 Å². The van der Waals surface area contributed by atoms with Crippen molar-refractivity contribution in [1.82, 2.24) is 15.0 Å². The number of hydrogen-bond acceptors (Lipinski definition) is 4. The third kappa shape index (κ3) is 2.31. The summed E-state index contributed by atoms with van der Waals surface area (Å²) in [6.45, 7) is 1.87. The molecule has 86 valence electrons. The van der Waals surface area contributed by atoms with Gasteiger partial charge in [-0.1, -0.05) is 0 Å². The highest BCUT2D eigenvalue weighted by Gasteiger charge is 2.13. The zero-order valence-corrected chi connectivity index (χ0v) is 10.5.